The van der Waals surface area contributed by atoms with Crippen LogP contribution in [0.2, 0.25) is 0 Å². The Morgan fingerprint density at radius 1 is 1.06 bits per heavy atom. The highest BCUT2D eigenvalue weighted by Gasteiger charge is 2.20. The lowest BCUT2D eigenvalue weighted by atomic mass is 10.0. The minimum atomic E-state index is 0.0929. The third-order valence-electron chi connectivity index (χ3n) is 6.07. The van der Waals surface area contributed by atoms with Gasteiger partial charge in [0.15, 0.2) is 23.0 Å². The van der Waals surface area contributed by atoms with E-state index in [0.717, 1.165) is 85.5 Å². The number of benzene rings is 2. The Morgan fingerprint density at radius 2 is 1.94 bits per heavy atom. The van der Waals surface area contributed by atoms with Crippen molar-refractivity contribution in [3.05, 3.63) is 48.5 Å². The fraction of sp³-hybridized carbons (Fsp3) is 0.346. The van der Waals surface area contributed by atoms with Crippen LogP contribution in [0.15, 0.2) is 48.5 Å². The number of para-hydroxylation sites is 1. The number of aromatic nitrogens is 1. The fourth-order valence-electron chi connectivity index (χ4n) is 4.26. The maximum atomic E-state index is 10.0. The molecule has 1 fully saturated rings. The third kappa shape index (κ3) is 4.88. The van der Waals surface area contributed by atoms with Gasteiger partial charge >= 0.3 is 0 Å². The molecule has 0 radical (unpaired) electrons. The molecular weight excluding hydrogens is 434 g/mol. The highest BCUT2D eigenvalue weighted by molar-refractivity contribution is 5.80. The molecule has 2 aromatic carbocycles. The van der Waals surface area contributed by atoms with Gasteiger partial charge in [0.2, 0.25) is 6.79 Å². The second kappa shape index (κ2) is 10.2. The van der Waals surface area contributed by atoms with Gasteiger partial charge in [0.05, 0.1) is 26.0 Å². The topological polar surface area (TPSA) is 85.3 Å². The fourth-order valence-corrected chi connectivity index (χ4v) is 4.26. The number of hydrogen-bond acceptors (Lipinski definition) is 8. The van der Waals surface area contributed by atoms with Crippen LogP contribution < -0.4 is 19.5 Å². The lowest BCUT2D eigenvalue weighted by Crippen LogP contribution is -2.37. The van der Waals surface area contributed by atoms with Crippen molar-refractivity contribution in [3.8, 4) is 45.4 Å². The Morgan fingerprint density at radius 3 is 2.79 bits per heavy atom. The summed E-state index contributed by atoms with van der Waals surface area (Å²) in [4.78, 5) is 7.28. The molecular formula is C26H29N3O5. The van der Waals surface area contributed by atoms with Crippen LogP contribution in [0.4, 0.5) is 5.82 Å². The molecule has 0 amide bonds. The summed E-state index contributed by atoms with van der Waals surface area (Å²) in [5.41, 5.74) is 3.52. The maximum absolute atomic E-state index is 10.0. The minimum Gasteiger partial charge on any atom is -0.504 e. The first kappa shape index (κ1) is 22.3. The van der Waals surface area contributed by atoms with Crippen LogP contribution >= 0.6 is 0 Å². The number of phenolic OH excluding ortho intramolecular Hbond substituents is 1. The summed E-state index contributed by atoms with van der Waals surface area (Å²) in [6, 6.07) is 15.2. The van der Waals surface area contributed by atoms with Gasteiger partial charge in [-0.25, -0.2) is 4.98 Å². The average Bonchev–Trinajstić information content (AvgIpc) is 3.36. The van der Waals surface area contributed by atoms with Crippen LogP contribution in [0.5, 0.6) is 23.0 Å². The zero-order valence-electron chi connectivity index (χ0n) is 19.3. The van der Waals surface area contributed by atoms with Crippen molar-refractivity contribution in [3.63, 3.8) is 0 Å². The number of anilines is 1. The number of fused-ring (bicyclic) bond motifs is 1. The van der Waals surface area contributed by atoms with Crippen molar-refractivity contribution in [1.82, 2.24) is 9.88 Å². The van der Waals surface area contributed by atoms with E-state index < -0.39 is 0 Å². The van der Waals surface area contributed by atoms with Gasteiger partial charge in [0.1, 0.15) is 5.82 Å². The quantitative estimate of drug-likeness (QED) is 0.485. The smallest absolute Gasteiger partial charge is 0.231 e. The van der Waals surface area contributed by atoms with Crippen molar-refractivity contribution in [2.75, 3.05) is 58.6 Å². The highest BCUT2D eigenvalue weighted by atomic mass is 16.7. The first-order chi connectivity index (χ1) is 16.7. The summed E-state index contributed by atoms with van der Waals surface area (Å²) < 4.78 is 22.1. The monoisotopic (exact) mass is 463 g/mol. The molecule has 1 saturated heterocycles. The molecule has 1 aromatic heterocycles. The molecule has 0 aliphatic carbocycles. The van der Waals surface area contributed by atoms with Crippen LogP contribution in [-0.4, -0.2) is 68.3 Å². The van der Waals surface area contributed by atoms with Crippen LogP contribution in [0.25, 0.3) is 22.4 Å². The van der Waals surface area contributed by atoms with Gasteiger partial charge in [-0.2, -0.15) is 0 Å². The van der Waals surface area contributed by atoms with E-state index in [2.05, 4.69) is 10.2 Å². The highest BCUT2D eigenvalue weighted by Crippen LogP contribution is 2.42. The van der Waals surface area contributed by atoms with E-state index in [1.165, 1.54) is 7.11 Å². The molecule has 178 valence electrons. The molecule has 2 aliphatic heterocycles. The molecule has 3 heterocycles. The van der Waals surface area contributed by atoms with Crippen molar-refractivity contribution in [2.24, 2.45) is 0 Å². The molecule has 3 aromatic rings. The van der Waals surface area contributed by atoms with E-state index in [4.69, 9.17) is 23.9 Å². The number of pyridine rings is 1. The summed E-state index contributed by atoms with van der Waals surface area (Å²) in [7, 11) is 1.54. The summed E-state index contributed by atoms with van der Waals surface area (Å²) in [5, 5.41) is 13.5. The Bertz CT molecular complexity index is 1150. The predicted octanol–water partition coefficient (Wildman–Crippen LogP) is 3.99. The van der Waals surface area contributed by atoms with Gasteiger partial charge in [-0.05, 0) is 54.9 Å². The number of nitrogens with one attached hydrogen (secondary N) is 1. The Hall–Kier alpha value is -3.49. The molecule has 5 rings (SSSR count). The number of aromatic hydroxyl groups is 1. The lowest BCUT2D eigenvalue weighted by molar-refractivity contribution is 0.0378. The zero-order valence-corrected chi connectivity index (χ0v) is 19.3. The average molecular weight is 464 g/mol. The molecule has 8 nitrogen and oxygen atoms in total. The summed E-state index contributed by atoms with van der Waals surface area (Å²) in [5.74, 6) is 2.75. The third-order valence-corrected chi connectivity index (χ3v) is 6.07. The number of phenols is 1. The lowest BCUT2D eigenvalue weighted by Gasteiger charge is -2.26. The van der Waals surface area contributed by atoms with E-state index in [1.807, 2.05) is 36.4 Å². The van der Waals surface area contributed by atoms with Crippen LogP contribution in [0.1, 0.15) is 6.42 Å². The molecule has 0 atom stereocenters. The van der Waals surface area contributed by atoms with Crippen LogP contribution in [0.3, 0.4) is 0 Å². The second-order valence-electron chi connectivity index (χ2n) is 8.29. The van der Waals surface area contributed by atoms with Gasteiger partial charge in [0, 0.05) is 30.8 Å². The number of morpholine rings is 1. The van der Waals surface area contributed by atoms with Crippen LogP contribution in [-0.2, 0) is 4.74 Å². The Kier molecular flexibility index (Phi) is 6.69. The number of ether oxygens (including phenoxy) is 4. The number of nitrogens with zero attached hydrogens (tertiary/aromatic N) is 2. The SMILES string of the molecule is COc1cc(-c2cc(-c3cccc4c3OCO4)cc(NCCCN3CCOCC3)n2)ccc1O. The normalized spacial score (nSPS) is 15.3. The molecule has 0 unspecified atom stereocenters. The predicted molar refractivity (Wildman–Crippen MR) is 130 cm³/mol. The number of hydrogen-bond donors (Lipinski definition) is 2. The standard InChI is InChI=1S/C26H29N3O5/c1-31-24-15-18(6-7-22(24)30)21-14-19(20-4-2-5-23-26(20)34-17-33-23)16-25(28-21)27-8-3-9-29-10-12-32-13-11-29/h2,4-7,14-16,30H,3,8-13,17H2,1H3,(H,27,28). The van der Waals surface area contributed by atoms with Crippen molar-refractivity contribution >= 4 is 5.82 Å². The molecule has 0 saturated carbocycles. The Labute approximate surface area is 199 Å². The van der Waals surface area contributed by atoms with Crippen molar-refractivity contribution in [2.45, 2.75) is 6.42 Å². The summed E-state index contributed by atoms with van der Waals surface area (Å²) in [6.45, 7) is 5.64. The van der Waals surface area contributed by atoms with E-state index in [1.54, 1.807) is 12.1 Å². The molecule has 2 aliphatic rings. The Balaban J connectivity index is 1.43. The van der Waals surface area contributed by atoms with E-state index in [0.29, 0.717) is 5.75 Å². The van der Waals surface area contributed by atoms with Crippen molar-refractivity contribution in [1.29, 1.82) is 0 Å². The van der Waals surface area contributed by atoms with Gasteiger partial charge in [0.25, 0.3) is 0 Å². The first-order valence-electron chi connectivity index (χ1n) is 11.5. The largest absolute Gasteiger partial charge is 0.504 e. The number of rotatable bonds is 8. The van der Waals surface area contributed by atoms with Crippen molar-refractivity contribution < 1.29 is 24.1 Å². The van der Waals surface area contributed by atoms with E-state index in [-0.39, 0.29) is 12.5 Å². The molecule has 2 N–H and O–H groups in total. The van der Waals surface area contributed by atoms with Gasteiger partial charge < -0.3 is 29.4 Å². The minimum absolute atomic E-state index is 0.0929. The molecule has 0 spiro atoms. The van der Waals surface area contributed by atoms with E-state index in [9.17, 15) is 5.11 Å². The summed E-state index contributed by atoms with van der Waals surface area (Å²) >= 11 is 0. The molecule has 8 heteroatoms. The first-order valence-corrected chi connectivity index (χ1v) is 11.5. The zero-order chi connectivity index (χ0) is 23.3. The van der Waals surface area contributed by atoms with E-state index >= 15 is 0 Å². The molecule has 0 bridgehead atoms. The molecule has 34 heavy (non-hydrogen) atoms. The van der Waals surface area contributed by atoms with Gasteiger partial charge in [-0.15, -0.1) is 0 Å². The second-order valence-corrected chi connectivity index (χ2v) is 8.29. The summed E-state index contributed by atoms with van der Waals surface area (Å²) in [6.07, 6.45) is 1.01. The van der Waals surface area contributed by atoms with Gasteiger partial charge in [-0.3, -0.25) is 4.90 Å². The maximum Gasteiger partial charge on any atom is 0.231 e. The number of methoxy groups -OCH3 is 1. The van der Waals surface area contributed by atoms with Crippen LogP contribution in [0, 0.1) is 0 Å². The van der Waals surface area contributed by atoms with Gasteiger partial charge in [-0.1, -0.05) is 12.1 Å².